The van der Waals surface area contributed by atoms with Crippen molar-refractivity contribution in [2.24, 2.45) is 0 Å². The maximum Gasteiger partial charge on any atom is 0.293 e. The van der Waals surface area contributed by atoms with Crippen LogP contribution in [0.3, 0.4) is 0 Å². The lowest BCUT2D eigenvalue weighted by Crippen LogP contribution is -2.47. The minimum atomic E-state index is -3.73. The second-order valence-electron chi connectivity index (χ2n) is 8.25. The number of nitrogens with zero attached hydrogens (tertiary/aromatic N) is 5. The van der Waals surface area contributed by atoms with E-state index in [0.29, 0.717) is 37.9 Å². The first-order chi connectivity index (χ1) is 13.9. The lowest BCUT2D eigenvalue weighted by atomic mass is 10.2. The number of rotatable bonds is 5. The van der Waals surface area contributed by atoms with Gasteiger partial charge in [0.1, 0.15) is 5.69 Å². The molecule has 0 N–H and O–H groups in total. The summed E-state index contributed by atoms with van der Waals surface area (Å²) in [6.07, 6.45) is 3.42. The molecule has 1 atom stereocenters. The maximum absolute atomic E-state index is 13.0. The monoisotopic (exact) mass is 423 g/mol. The summed E-state index contributed by atoms with van der Waals surface area (Å²) in [4.78, 5) is 17.9. The Kier molecular flexibility index (Phi) is 5.78. The Balaban J connectivity index is 1.56. The number of likely N-dealkylation sites (N-methyl/N-ethyl adjacent to an activating group) is 1. The number of benzene rings is 1. The Morgan fingerprint density at radius 1 is 1.03 bits per heavy atom. The van der Waals surface area contributed by atoms with E-state index in [2.05, 4.69) is 9.80 Å². The van der Waals surface area contributed by atoms with Gasteiger partial charge in [0, 0.05) is 51.4 Å². The zero-order valence-corrected chi connectivity index (χ0v) is 17.7. The largest absolute Gasteiger partial charge is 0.364 e. The molecule has 9 nitrogen and oxygen atoms in total. The van der Waals surface area contributed by atoms with Crippen molar-refractivity contribution in [1.29, 1.82) is 0 Å². The summed E-state index contributed by atoms with van der Waals surface area (Å²) in [6.45, 7) is 5.83. The molecule has 1 aromatic carbocycles. The van der Waals surface area contributed by atoms with E-state index in [9.17, 15) is 18.5 Å². The van der Waals surface area contributed by atoms with Crippen molar-refractivity contribution < 1.29 is 13.3 Å². The van der Waals surface area contributed by atoms with Gasteiger partial charge in [-0.15, -0.1) is 0 Å². The minimum Gasteiger partial charge on any atom is -0.364 e. The van der Waals surface area contributed by atoms with Crippen LogP contribution in [0.15, 0.2) is 23.1 Å². The van der Waals surface area contributed by atoms with Crippen LogP contribution >= 0.6 is 0 Å². The molecule has 0 radical (unpaired) electrons. The summed E-state index contributed by atoms with van der Waals surface area (Å²) >= 11 is 0. The van der Waals surface area contributed by atoms with Crippen LogP contribution in [0.5, 0.6) is 0 Å². The zero-order chi connectivity index (χ0) is 20.6. The van der Waals surface area contributed by atoms with Gasteiger partial charge in [0.05, 0.1) is 9.82 Å². The molecule has 4 rings (SSSR count). The summed E-state index contributed by atoms with van der Waals surface area (Å²) in [5, 5.41) is 11.8. The lowest BCUT2D eigenvalue weighted by Gasteiger charge is -2.31. The van der Waals surface area contributed by atoms with Crippen molar-refractivity contribution >= 4 is 21.4 Å². The first-order valence-corrected chi connectivity index (χ1v) is 11.8. The van der Waals surface area contributed by atoms with Gasteiger partial charge in [0.25, 0.3) is 5.69 Å². The molecule has 160 valence electrons. The number of nitro benzene ring substituents is 1. The van der Waals surface area contributed by atoms with Gasteiger partial charge in [-0.3, -0.25) is 15.0 Å². The highest BCUT2D eigenvalue weighted by Crippen LogP contribution is 2.35. The van der Waals surface area contributed by atoms with Crippen molar-refractivity contribution in [3.05, 3.63) is 28.3 Å². The Bertz CT molecular complexity index is 863. The molecule has 3 aliphatic heterocycles. The molecule has 3 saturated heterocycles. The van der Waals surface area contributed by atoms with E-state index in [1.807, 2.05) is 11.9 Å². The van der Waals surface area contributed by atoms with E-state index in [0.717, 1.165) is 32.6 Å². The highest BCUT2D eigenvalue weighted by molar-refractivity contribution is 7.89. The van der Waals surface area contributed by atoms with Gasteiger partial charge >= 0.3 is 0 Å². The van der Waals surface area contributed by atoms with Crippen molar-refractivity contribution in [1.82, 2.24) is 14.1 Å². The van der Waals surface area contributed by atoms with E-state index in [1.54, 1.807) is 6.07 Å². The molecule has 1 aromatic rings. The van der Waals surface area contributed by atoms with Crippen LogP contribution in [0.2, 0.25) is 0 Å². The van der Waals surface area contributed by atoms with Crippen LogP contribution in [0.1, 0.15) is 19.3 Å². The molecule has 0 aromatic heterocycles. The smallest absolute Gasteiger partial charge is 0.293 e. The van der Waals surface area contributed by atoms with Gasteiger partial charge in [-0.05, 0) is 51.5 Å². The van der Waals surface area contributed by atoms with E-state index in [1.165, 1.54) is 29.3 Å². The summed E-state index contributed by atoms with van der Waals surface area (Å²) in [6, 6.07) is 4.81. The molecule has 3 aliphatic rings. The molecule has 10 heteroatoms. The number of hydrogen-bond acceptors (Lipinski definition) is 7. The topological polar surface area (TPSA) is 90.2 Å². The Morgan fingerprint density at radius 2 is 1.72 bits per heavy atom. The van der Waals surface area contributed by atoms with Gasteiger partial charge in [-0.1, -0.05) is 0 Å². The van der Waals surface area contributed by atoms with Crippen molar-refractivity contribution in [3.8, 4) is 0 Å². The molecule has 0 amide bonds. The summed E-state index contributed by atoms with van der Waals surface area (Å²) in [5.74, 6) is 0. The minimum absolute atomic E-state index is 0.00722. The molecule has 3 fully saturated rings. The molecule has 0 spiro atoms. The number of hydrogen-bond donors (Lipinski definition) is 0. The van der Waals surface area contributed by atoms with Crippen LogP contribution in [0.4, 0.5) is 11.4 Å². The van der Waals surface area contributed by atoms with Gasteiger partial charge < -0.3 is 9.80 Å². The van der Waals surface area contributed by atoms with Crippen molar-refractivity contribution in [2.45, 2.75) is 30.2 Å². The van der Waals surface area contributed by atoms with E-state index in [-0.39, 0.29) is 10.6 Å². The molecule has 0 saturated carbocycles. The fourth-order valence-corrected chi connectivity index (χ4v) is 6.06. The van der Waals surface area contributed by atoms with Crippen LogP contribution in [0.25, 0.3) is 0 Å². The molecular weight excluding hydrogens is 394 g/mol. The maximum atomic E-state index is 13.0. The Hall–Kier alpha value is -1.75. The third-order valence-electron chi connectivity index (χ3n) is 6.40. The fraction of sp³-hybridized carbons (Fsp3) is 0.684. The second kappa shape index (κ2) is 8.17. The van der Waals surface area contributed by atoms with Gasteiger partial charge in [-0.25, -0.2) is 8.42 Å². The average molecular weight is 424 g/mol. The van der Waals surface area contributed by atoms with Gasteiger partial charge in [-0.2, -0.15) is 4.31 Å². The third-order valence-corrected chi connectivity index (χ3v) is 8.30. The molecule has 3 heterocycles. The number of nitro groups is 1. The van der Waals surface area contributed by atoms with Crippen LogP contribution in [-0.4, -0.2) is 92.9 Å². The van der Waals surface area contributed by atoms with Crippen molar-refractivity contribution in [2.75, 3.05) is 64.3 Å². The second-order valence-corrected chi connectivity index (χ2v) is 10.2. The first kappa shape index (κ1) is 20.5. The number of sulfonamides is 1. The zero-order valence-electron chi connectivity index (χ0n) is 16.9. The van der Waals surface area contributed by atoms with Gasteiger partial charge in [0.2, 0.25) is 10.0 Å². The normalized spacial score (nSPS) is 25.0. The van der Waals surface area contributed by atoms with Crippen LogP contribution in [0, 0.1) is 10.1 Å². The van der Waals surface area contributed by atoms with Crippen molar-refractivity contribution in [3.63, 3.8) is 0 Å². The third kappa shape index (κ3) is 4.11. The molecule has 0 bridgehead atoms. The predicted molar refractivity (Wildman–Crippen MR) is 111 cm³/mol. The SMILES string of the molecule is CN1CCN(S(=O)(=O)c2ccc(N3CCC(N4CCCC4)C3)c([N+](=O)[O-])c2)CC1. The quantitative estimate of drug-likeness (QED) is 0.519. The summed E-state index contributed by atoms with van der Waals surface area (Å²) in [7, 11) is -1.78. The molecule has 29 heavy (non-hydrogen) atoms. The van der Waals surface area contributed by atoms with E-state index in [4.69, 9.17) is 0 Å². The van der Waals surface area contributed by atoms with Gasteiger partial charge in [0.15, 0.2) is 0 Å². The van der Waals surface area contributed by atoms with E-state index < -0.39 is 14.9 Å². The molecule has 0 aliphatic carbocycles. The average Bonchev–Trinajstić information content (AvgIpc) is 3.39. The summed E-state index contributed by atoms with van der Waals surface area (Å²) < 4.78 is 27.4. The Morgan fingerprint density at radius 3 is 2.38 bits per heavy atom. The lowest BCUT2D eigenvalue weighted by molar-refractivity contribution is -0.384. The van der Waals surface area contributed by atoms with Crippen LogP contribution < -0.4 is 4.90 Å². The van der Waals surface area contributed by atoms with Crippen LogP contribution in [-0.2, 0) is 10.0 Å². The number of anilines is 1. The Labute approximate surface area is 172 Å². The first-order valence-electron chi connectivity index (χ1n) is 10.3. The fourth-order valence-electron chi connectivity index (χ4n) is 4.62. The highest BCUT2D eigenvalue weighted by atomic mass is 32.2. The number of piperazine rings is 1. The highest BCUT2D eigenvalue weighted by Gasteiger charge is 2.34. The standard InChI is InChI=1S/C19H29N5O4S/c1-20-10-12-23(13-11-20)29(27,28)17-4-5-18(19(14-17)24(25)26)22-9-6-16(15-22)21-7-2-3-8-21/h4-5,14,16H,2-3,6-13,15H2,1H3. The molecule has 1 unspecified atom stereocenters. The number of likely N-dealkylation sites (tertiary alicyclic amines) is 1. The summed E-state index contributed by atoms with van der Waals surface area (Å²) in [5.41, 5.74) is 0.399. The van der Waals surface area contributed by atoms with E-state index >= 15 is 0 Å². The molecular formula is C19H29N5O4S. The predicted octanol–water partition coefficient (Wildman–Crippen LogP) is 1.21.